The first-order valence-electron chi connectivity index (χ1n) is 5.34. The summed E-state index contributed by atoms with van der Waals surface area (Å²) in [7, 11) is 0. The molecule has 3 N–H and O–H groups in total. The van der Waals surface area contributed by atoms with Gasteiger partial charge in [-0.15, -0.1) is 0 Å². The molecule has 0 spiro atoms. The van der Waals surface area contributed by atoms with E-state index in [2.05, 4.69) is 5.32 Å². The minimum atomic E-state index is -0.484. The number of benzene rings is 1. The molecule has 0 aliphatic heterocycles. The van der Waals surface area contributed by atoms with Crippen molar-refractivity contribution in [2.75, 3.05) is 0 Å². The van der Waals surface area contributed by atoms with Gasteiger partial charge in [0.2, 0.25) is 5.91 Å². The van der Waals surface area contributed by atoms with Crippen LogP contribution in [0.2, 0.25) is 5.02 Å². The van der Waals surface area contributed by atoms with Gasteiger partial charge in [0, 0.05) is 35.7 Å². The third-order valence-corrected chi connectivity index (χ3v) is 2.63. The van der Waals surface area contributed by atoms with E-state index in [-0.39, 0.29) is 24.7 Å². The van der Waals surface area contributed by atoms with Gasteiger partial charge in [-0.1, -0.05) is 11.6 Å². The van der Waals surface area contributed by atoms with Crippen molar-refractivity contribution in [1.29, 1.82) is 0 Å². The van der Waals surface area contributed by atoms with Gasteiger partial charge in [-0.05, 0) is 19.1 Å². The van der Waals surface area contributed by atoms with Crippen molar-refractivity contribution in [1.82, 2.24) is 5.32 Å². The van der Waals surface area contributed by atoms with Crippen LogP contribution in [0, 0.1) is 10.1 Å². The fraction of sp³-hybridized carbons (Fsp3) is 0.364. The third kappa shape index (κ3) is 4.31. The molecule has 1 atom stereocenters. The maximum atomic E-state index is 10.8. The van der Waals surface area contributed by atoms with E-state index in [1.54, 1.807) is 19.1 Å². The highest BCUT2D eigenvalue weighted by Crippen LogP contribution is 2.23. The average molecular weight is 272 g/mol. The monoisotopic (exact) mass is 271 g/mol. The summed E-state index contributed by atoms with van der Waals surface area (Å²) in [6.45, 7) is 2.06. The fourth-order valence-corrected chi connectivity index (χ4v) is 1.68. The van der Waals surface area contributed by atoms with Crippen molar-refractivity contribution < 1.29 is 9.72 Å². The maximum absolute atomic E-state index is 10.8. The van der Waals surface area contributed by atoms with Crippen LogP contribution in [0.25, 0.3) is 0 Å². The van der Waals surface area contributed by atoms with Gasteiger partial charge >= 0.3 is 0 Å². The lowest BCUT2D eigenvalue weighted by atomic mass is 10.1. The quantitative estimate of drug-likeness (QED) is 0.606. The first-order chi connectivity index (χ1) is 8.40. The molecule has 0 bridgehead atoms. The molecular formula is C11H14ClN3O3. The van der Waals surface area contributed by atoms with Gasteiger partial charge in [-0.25, -0.2) is 0 Å². The first kappa shape index (κ1) is 14.4. The molecule has 98 valence electrons. The van der Waals surface area contributed by atoms with Gasteiger partial charge < -0.3 is 11.1 Å². The van der Waals surface area contributed by atoms with Gasteiger partial charge in [0.15, 0.2) is 0 Å². The highest BCUT2D eigenvalue weighted by molar-refractivity contribution is 6.30. The molecule has 0 aliphatic rings. The van der Waals surface area contributed by atoms with Crippen LogP contribution in [0.1, 0.15) is 18.9 Å². The topological polar surface area (TPSA) is 98.3 Å². The van der Waals surface area contributed by atoms with Gasteiger partial charge in [0.05, 0.1) is 4.92 Å². The number of nitrogens with two attached hydrogens (primary N) is 1. The van der Waals surface area contributed by atoms with Crippen LogP contribution in [0.5, 0.6) is 0 Å². The van der Waals surface area contributed by atoms with E-state index in [0.29, 0.717) is 10.6 Å². The summed E-state index contributed by atoms with van der Waals surface area (Å²) >= 11 is 5.71. The highest BCUT2D eigenvalue weighted by atomic mass is 35.5. The van der Waals surface area contributed by atoms with E-state index in [9.17, 15) is 14.9 Å². The molecule has 0 radical (unpaired) electrons. The number of hydrogen-bond acceptors (Lipinski definition) is 4. The number of carbonyl (C=O) groups is 1. The number of carbonyl (C=O) groups excluding carboxylic acids is 1. The van der Waals surface area contributed by atoms with Gasteiger partial charge in [0.1, 0.15) is 0 Å². The Balaban J connectivity index is 2.72. The van der Waals surface area contributed by atoms with Crippen LogP contribution < -0.4 is 11.1 Å². The Labute approximate surface area is 109 Å². The molecule has 1 rings (SSSR count). The Morgan fingerprint density at radius 3 is 2.83 bits per heavy atom. The molecule has 1 aromatic rings. The van der Waals surface area contributed by atoms with E-state index in [4.69, 9.17) is 17.3 Å². The van der Waals surface area contributed by atoms with Crippen LogP contribution >= 0.6 is 11.6 Å². The largest absolute Gasteiger partial charge is 0.370 e. The molecule has 0 saturated heterocycles. The van der Waals surface area contributed by atoms with Gasteiger partial charge in [-0.3, -0.25) is 14.9 Å². The predicted octanol–water partition coefficient (Wildman–Crippen LogP) is 1.60. The van der Waals surface area contributed by atoms with Crippen LogP contribution in [-0.2, 0) is 11.3 Å². The van der Waals surface area contributed by atoms with Crippen molar-refractivity contribution in [3.8, 4) is 0 Å². The van der Waals surface area contributed by atoms with Gasteiger partial charge in [-0.2, -0.15) is 0 Å². The third-order valence-electron chi connectivity index (χ3n) is 2.39. The summed E-state index contributed by atoms with van der Waals surface area (Å²) in [5, 5.41) is 14.2. The SMILES string of the molecule is CC(CC(N)=O)NCc1ccc(Cl)cc1[N+](=O)[O-]. The molecule has 7 heteroatoms. The molecule has 1 aromatic carbocycles. The van der Waals surface area contributed by atoms with Crippen molar-refractivity contribution >= 4 is 23.2 Å². The predicted molar refractivity (Wildman–Crippen MR) is 68.2 cm³/mol. The van der Waals surface area contributed by atoms with Crippen molar-refractivity contribution in [2.45, 2.75) is 25.9 Å². The number of rotatable bonds is 6. The van der Waals surface area contributed by atoms with E-state index in [0.717, 1.165) is 0 Å². The Morgan fingerprint density at radius 2 is 2.28 bits per heavy atom. The smallest absolute Gasteiger partial charge is 0.275 e. The van der Waals surface area contributed by atoms with E-state index in [1.807, 2.05) is 0 Å². The summed E-state index contributed by atoms with van der Waals surface area (Å²) in [5.74, 6) is -0.416. The number of hydrogen-bond donors (Lipinski definition) is 2. The molecule has 1 amide bonds. The van der Waals surface area contributed by atoms with Crippen molar-refractivity contribution in [3.63, 3.8) is 0 Å². The summed E-state index contributed by atoms with van der Waals surface area (Å²) < 4.78 is 0. The maximum Gasteiger partial charge on any atom is 0.275 e. The number of nitrogens with zero attached hydrogens (tertiary/aromatic N) is 1. The van der Waals surface area contributed by atoms with Crippen LogP contribution in [0.3, 0.4) is 0 Å². The van der Waals surface area contributed by atoms with Crippen molar-refractivity contribution in [2.24, 2.45) is 5.73 Å². The molecular weight excluding hydrogens is 258 g/mol. The first-order valence-corrected chi connectivity index (χ1v) is 5.72. The van der Waals surface area contributed by atoms with E-state index in [1.165, 1.54) is 6.07 Å². The Morgan fingerprint density at radius 1 is 1.61 bits per heavy atom. The average Bonchev–Trinajstić information content (AvgIpc) is 2.26. The number of nitro benzene ring substituents is 1. The zero-order valence-corrected chi connectivity index (χ0v) is 10.6. The summed E-state index contributed by atoms with van der Waals surface area (Å²) in [6.07, 6.45) is 0.182. The number of halogens is 1. The normalized spacial score (nSPS) is 12.1. The molecule has 0 heterocycles. The Kier molecular flexibility index (Phi) is 5.06. The second-order valence-electron chi connectivity index (χ2n) is 3.98. The number of nitrogens with one attached hydrogen (secondary N) is 1. The summed E-state index contributed by atoms with van der Waals surface area (Å²) in [6, 6.07) is 4.34. The van der Waals surface area contributed by atoms with E-state index >= 15 is 0 Å². The standard InChI is InChI=1S/C11H14ClN3O3/c1-7(4-11(13)16)14-6-8-2-3-9(12)5-10(8)15(17)18/h2-3,5,7,14H,4,6H2,1H3,(H2,13,16). The van der Waals surface area contributed by atoms with Crippen LogP contribution in [-0.4, -0.2) is 16.9 Å². The summed E-state index contributed by atoms with van der Waals surface area (Å²) in [5.41, 5.74) is 5.53. The number of amides is 1. The second kappa shape index (κ2) is 6.32. The van der Waals surface area contributed by atoms with E-state index < -0.39 is 10.8 Å². The van der Waals surface area contributed by atoms with Crippen LogP contribution in [0.4, 0.5) is 5.69 Å². The molecule has 6 nitrogen and oxygen atoms in total. The summed E-state index contributed by atoms with van der Waals surface area (Å²) in [4.78, 5) is 21.1. The molecule has 0 aliphatic carbocycles. The molecule has 1 unspecified atom stereocenters. The molecule has 0 fully saturated rings. The number of nitro groups is 1. The second-order valence-corrected chi connectivity index (χ2v) is 4.42. The lowest BCUT2D eigenvalue weighted by Crippen LogP contribution is -2.30. The molecule has 18 heavy (non-hydrogen) atoms. The zero-order chi connectivity index (χ0) is 13.7. The van der Waals surface area contributed by atoms with Crippen LogP contribution in [0.15, 0.2) is 18.2 Å². The highest BCUT2D eigenvalue weighted by Gasteiger charge is 2.15. The van der Waals surface area contributed by atoms with Crippen molar-refractivity contribution in [3.05, 3.63) is 38.9 Å². The molecule has 0 saturated carbocycles. The minimum absolute atomic E-state index is 0.0405. The lowest BCUT2D eigenvalue weighted by molar-refractivity contribution is -0.385. The lowest BCUT2D eigenvalue weighted by Gasteiger charge is -2.12. The molecule has 0 aromatic heterocycles. The Bertz CT molecular complexity index is 465. The fourth-order valence-electron chi connectivity index (χ4n) is 1.51. The zero-order valence-electron chi connectivity index (χ0n) is 9.85. The Hall–Kier alpha value is -1.66. The number of primary amides is 1. The van der Waals surface area contributed by atoms with Gasteiger partial charge in [0.25, 0.3) is 5.69 Å². The minimum Gasteiger partial charge on any atom is -0.370 e.